The van der Waals surface area contributed by atoms with Crippen molar-refractivity contribution >= 4 is 69.6 Å². The summed E-state index contributed by atoms with van der Waals surface area (Å²) in [4.78, 5) is 11.0. The molecule has 0 heterocycles. The van der Waals surface area contributed by atoms with Gasteiger partial charge in [0.15, 0.2) is 0 Å². The summed E-state index contributed by atoms with van der Waals surface area (Å²) in [6.45, 7) is 1.31. The smallest absolute Gasteiger partial charge is 0.248 e. The number of carbonyl (C=O) groups is 1. The van der Waals surface area contributed by atoms with Crippen LogP contribution in [0.3, 0.4) is 0 Å². The summed E-state index contributed by atoms with van der Waals surface area (Å²) in [6.07, 6.45) is 0. The second kappa shape index (κ2) is 7.00. The predicted molar refractivity (Wildman–Crippen MR) is 73.8 cm³/mol. The van der Waals surface area contributed by atoms with Crippen molar-refractivity contribution in [1.29, 1.82) is 0 Å². The van der Waals surface area contributed by atoms with Gasteiger partial charge in [0.25, 0.3) is 0 Å². The molecule has 1 atom stereocenters. The highest BCUT2D eigenvalue weighted by Gasteiger charge is 2.38. The molecule has 0 aliphatic carbocycles. The maximum absolute atomic E-state index is 11.0. The molecule has 4 nitrogen and oxygen atoms in total. The Bertz CT molecular complexity index is 291. The molecule has 10 heteroatoms. The van der Waals surface area contributed by atoms with Gasteiger partial charge in [0.05, 0.1) is 0 Å². The minimum atomic E-state index is -2.61. The van der Waals surface area contributed by atoms with E-state index in [9.17, 15) is 4.79 Å². The Balaban J connectivity index is 4.80. The lowest BCUT2D eigenvalue weighted by Gasteiger charge is -2.28. The van der Waals surface area contributed by atoms with Crippen LogP contribution in [0, 0.1) is 0 Å². The highest BCUT2D eigenvalue weighted by molar-refractivity contribution is 8.68. The van der Waals surface area contributed by atoms with Crippen molar-refractivity contribution in [3.63, 3.8) is 0 Å². The monoisotopic (exact) mass is 345 g/mol. The van der Waals surface area contributed by atoms with Gasteiger partial charge in [-0.3, -0.25) is 4.79 Å². The molecule has 0 saturated carbocycles. The molecule has 96 valence electrons. The van der Waals surface area contributed by atoms with E-state index in [-0.39, 0.29) is 5.91 Å². The van der Waals surface area contributed by atoms with Crippen LogP contribution in [0.1, 0.15) is 6.92 Å². The molecule has 1 unspecified atom stereocenters. The molecule has 0 saturated heterocycles. The molecule has 0 aromatic rings. The van der Waals surface area contributed by atoms with E-state index in [1.54, 1.807) is 0 Å². The number of hydrogen-bond acceptors (Lipinski definition) is 5. The van der Waals surface area contributed by atoms with E-state index in [0.717, 1.165) is 11.4 Å². The van der Waals surface area contributed by atoms with Crippen LogP contribution >= 0.6 is 51.9 Å². The molecule has 0 radical (unpaired) electrons. The largest absolute Gasteiger partial charge is 0.340 e. The second-order valence-electron chi connectivity index (χ2n) is 2.54. The quantitative estimate of drug-likeness (QED) is 0.471. The van der Waals surface area contributed by atoms with Crippen molar-refractivity contribution in [2.75, 3.05) is 14.2 Å². The topological polar surface area (TPSA) is 47.6 Å². The van der Waals surface area contributed by atoms with Gasteiger partial charge < -0.3 is 14.4 Å². The lowest BCUT2D eigenvalue weighted by atomic mass is 10.6. The zero-order valence-corrected chi connectivity index (χ0v) is 13.5. The third kappa shape index (κ3) is 6.26. The van der Waals surface area contributed by atoms with Gasteiger partial charge >= 0.3 is 0 Å². The van der Waals surface area contributed by atoms with Crippen LogP contribution in [0.2, 0.25) is 0 Å². The number of nitrogens with one attached hydrogen (secondary N) is 1. The van der Waals surface area contributed by atoms with E-state index in [1.165, 1.54) is 21.1 Å². The van der Waals surface area contributed by atoms with Gasteiger partial charge in [-0.15, -0.1) is 0 Å². The highest BCUT2D eigenvalue weighted by Crippen LogP contribution is 2.63. The van der Waals surface area contributed by atoms with Gasteiger partial charge in [-0.05, 0) is 23.2 Å². The van der Waals surface area contributed by atoms with Gasteiger partial charge in [0, 0.05) is 21.1 Å². The van der Waals surface area contributed by atoms with Crippen LogP contribution in [0.4, 0.5) is 0 Å². The summed E-state index contributed by atoms with van der Waals surface area (Å²) >= 11 is 23.2. The number of rotatable bonds is 5. The number of hydrogen-bond donors (Lipinski definition) is 1. The Morgan fingerprint density at radius 1 is 1.44 bits per heavy atom. The van der Waals surface area contributed by atoms with Crippen LogP contribution in [0.15, 0.2) is 0 Å². The Kier molecular flexibility index (Phi) is 7.55. The molecule has 0 fully saturated rings. The number of amides is 1. The van der Waals surface area contributed by atoms with Crippen LogP contribution in [0.25, 0.3) is 0 Å². The molecule has 0 bridgehead atoms. The van der Waals surface area contributed by atoms with Crippen molar-refractivity contribution in [3.8, 4) is 0 Å². The van der Waals surface area contributed by atoms with Gasteiger partial charge in [0.1, 0.15) is 5.37 Å². The molecule has 1 N–H and O–H groups in total. The first-order chi connectivity index (χ1) is 7.14. The zero-order valence-electron chi connectivity index (χ0n) is 8.70. The van der Waals surface area contributed by atoms with Crippen molar-refractivity contribution < 1.29 is 13.8 Å². The molecule has 0 aromatic heterocycles. The maximum atomic E-state index is 11.0. The van der Waals surface area contributed by atoms with Crippen molar-refractivity contribution in [2.45, 2.75) is 16.1 Å². The van der Waals surface area contributed by atoms with Crippen LogP contribution < -0.4 is 5.32 Å². The number of alkyl halides is 3. The Labute approximate surface area is 119 Å². The van der Waals surface area contributed by atoms with Crippen molar-refractivity contribution in [2.24, 2.45) is 0 Å². The third-order valence-corrected chi connectivity index (χ3v) is 8.16. The highest BCUT2D eigenvalue weighted by atomic mass is 35.6. The maximum Gasteiger partial charge on any atom is 0.248 e. The normalized spacial score (nSPS) is 14.6. The van der Waals surface area contributed by atoms with Gasteiger partial charge in [-0.2, -0.15) is 0 Å². The summed E-state index contributed by atoms with van der Waals surface area (Å²) in [7, 11) is 2.81. The lowest BCUT2D eigenvalue weighted by molar-refractivity contribution is -0.119. The van der Waals surface area contributed by atoms with E-state index < -0.39 is 14.9 Å². The zero-order chi connectivity index (χ0) is 13.0. The first kappa shape index (κ1) is 17.3. The fourth-order valence-electron chi connectivity index (χ4n) is 0.642. The molecular formula is C6H11Cl3NO3PS2. The Hall–Kier alpha value is 1.26. The van der Waals surface area contributed by atoms with Gasteiger partial charge in [0.2, 0.25) is 15.4 Å². The number of carbonyl (C=O) groups excluding carboxylic acids is 1. The number of halogens is 3. The van der Waals surface area contributed by atoms with E-state index in [1.807, 2.05) is 0 Å². The van der Waals surface area contributed by atoms with E-state index in [2.05, 4.69) is 5.32 Å². The first-order valence-electron chi connectivity index (χ1n) is 3.88. The first-order valence-corrected chi connectivity index (χ1v) is 9.14. The summed E-state index contributed by atoms with van der Waals surface area (Å²) in [5, 5.41) is 1.64. The summed E-state index contributed by atoms with van der Waals surface area (Å²) in [5.74, 6) is -0.336. The molecule has 0 aliphatic rings. The Morgan fingerprint density at radius 2 is 1.88 bits per heavy atom. The SMILES string of the molecule is COP(=S)(OC)SC(NC(C)=O)C(Cl)(Cl)Cl. The average Bonchev–Trinajstić information content (AvgIpc) is 2.14. The standard InChI is InChI=1S/C6H11Cl3NO3PS2/c1-4(11)10-5(6(7,8)9)16-14(15,12-2)13-3/h5H,1-3H3,(H,10,11). The summed E-state index contributed by atoms with van der Waals surface area (Å²) in [5.41, 5.74) is -2.61. The molecule has 0 rings (SSSR count). The molecule has 1 amide bonds. The third-order valence-electron chi connectivity index (χ3n) is 1.31. The summed E-state index contributed by atoms with van der Waals surface area (Å²) < 4.78 is 8.37. The van der Waals surface area contributed by atoms with Crippen LogP contribution in [0.5, 0.6) is 0 Å². The Morgan fingerprint density at radius 3 is 2.12 bits per heavy atom. The van der Waals surface area contributed by atoms with Crippen molar-refractivity contribution in [1.82, 2.24) is 5.32 Å². The minimum Gasteiger partial charge on any atom is -0.340 e. The molecule has 0 aromatic carbocycles. The van der Waals surface area contributed by atoms with Crippen molar-refractivity contribution in [3.05, 3.63) is 0 Å². The van der Waals surface area contributed by atoms with Gasteiger partial charge in [-0.25, -0.2) is 0 Å². The molecule has 0 aliphatic heterocycles. The molecule has 16 heavy (non-hydrogen) atoms. The molecular weight excluding hydrogens is 336 g/mol. The summed E-state index contributed by atoms with van der Waals surface area (Å²) in [6, 6.07) is 0. The fraction of sp³-hybridized carbons (Fsp3) is 0.833. The average molecular weight is 347 g/mol. The predicted octanol–water partition coefficient (Wildman–Crippen LogP) is 3.07. The van der Waals surface area contributed by atoms with Gasteiger partial charge in [-0.1, -0.05) is 34.8 Å². The van der Waals surface area contributed by atoms with Crippen LogP contribution in [-0.2, 0) is 25.6 Å². The second-order valence-corrected chi connectivity index (χ2v) is 11.4. The lowest BCUT2D eigenvalue weighted by Crippen LogP contribution is -2.40. The van der Waals surface area contributed by atoms with E-state index >= 15 is 0 Å². The fourth-order valence-corrected chi connectivity index (χ4v) is 5.38. The van der Waals surface area contributed by atoms with E-state index in [4.69, 9.17) is 55.7 Å². The molecule has 0 spiro atoms. The minimum absolute atomic E-state index is 0.336. The van der Waals surface area contributed by atoms with Crippen LogP contribution in [-0.4, -0.2) is 29.3 Å². The van der Waals surface area contributed by atoms with E-state index in [0.29, 0.717) is 0 Å².